The smallest absolute Gasteiger partial charge is 0.119 e. The molecule has 0 radical (unpaired) electrons. The lowest BCUT2D eigenvalue weighted by atomic mass is 9.93. The molecule has 0 amide bonds. The molecule has 0 spiro atoms. The van der Waals surface area contributed by atoms with Gasteiger partial charge >= 0.3 is 0 Å². The van der Waals surface area contributed by atoms with E-state index < -0.39 is 0 Å². The van der Waals surface area contributed by atoms with Gasteiger partial charge in [0.2, 0.25) is 0 Å². The quantitative estimate of drug-likeness (QED) is 0.419. The van der Waals surface area contributed by atoms with Gasteiger partial charge in [0.15, 0.2) is 0 Å². The fourth-order valence-corrected chi connectivity index (χ4v) is 4.93. The molecular weight excluding hydrogens is 386 g/mol. The molecule has 0 atom stereocenters. The van der Waals surface area contributed by atoms with Crippen LogP contribution >= 0.6 is 0 Å². The Kier molecular flexibility index (Phi) is 5.60. The summed E-state index contributed by atoms with van der Waals surface area (Å²) < 4.78 is 10.8. The topological polar surface area (TPSA) is 53.3 Å². The lowest BCUT2D eigenvalue weighted by Crippen LogP contribution is -2.33. The molecule has 0 aliphatic carbocycles. The zero-order valence-corrected chi connectivity index (χ0v) is 18.4. The van der Waals surface area contributed by atoms with Gasteiger partial charge in [-0.05, 0) is 93.3 Å². The Hall–Kier alpha value is -2.92. The molecule has 5 rings (SSSR count). The number of H-pyrrole nitrogens is 2. The van der Waals surface area contributed by atoms with E-state index in [0.29, 0.717) is 5.92 Å². The molecule has 1 saturated heterocycles. The van der Waals surface area contributed by atoms with Crippen LogP contribution in [0.25, 0.3) is 21.8 Å². The van der Waals surface area contributed by atoms with E-state index in [4.69, 9.17) is 9.47 Å². The van der Waals surface area contributed by atoms with Crippen molar-refractivity contribution in [3.8, 4) is 11.5 Å². The number of hydrogen-bond acceptors (Lipinski definition) is 3. The zero-order chi connectivity index (χ0) is 21.2. The standard InChI is InChI=1S/C26H31N3O2/c1-30-21-5-7-24-20(14-21)15-26(28-24)18-9-12-29(13-10-18)11-3-4-19-17-27-25-8-6-22(31-2)16-23(19)25/h5-8,14-18,27-28H,3-4,9-13H2,1-2H3. The first-order valence-electron chi connectivity index (χ1n) is 11.3. The number of nitrogens with zero attached hydrogens (tertiary/aromatic N) is 1. The molecule has 2 aromatic carbocycles. The molecule has 5 nitrogen and oxygen atoms in total. The Balaban J connectivity index is 1.15. The van der Waals surface area contributed by atoms with E-state index in [0.717, 1.165) is 24.5 Å². The third-order valence-corrected chi connectivity index (χ3v) is 6.77. The highest BCUT2D eigenvalue weighted by atomic mass is 16.5. The van der Waals surface area contributed by atoms with Gasteiger partial charge in [0.25, 0.3) is 0 Å². The van der Waals surface area contributed by atoms with E-state index >= 15 is 0 Å². The maximum absolute atomic E-state index is 5.39. The molecule has 0 unspecified atom stereocenters. The number of aromatic amines is 2. The van der Waals surface area contributed by atoms with Crippen molar-refractivity contribution in [3.05, 3.63) is 59.9 Å². The minimum atomic E-state index is 0.621. The van der Waals surface area contributed by atoms with Crippen molar-refractivity contribution < 1.29 is 9.47 Å². The summed E-state index contributed by atoms with van der Waals surface area (Å²) in [7, 11) is 3.45. The van der Waals surface area contributed by atoms with Gasteiger partial charge in [-0.1, -0.05) is 0 Å². The molecule has 0 bridgehead atoms. The third kappa shape index (κ3) is 4.15. The molecule has 2 aromatic heterocycles. The first kappa shape index (κ1) is 20.0. The maximum Gasteiger partial charge on any atom is 0.119 e. The lowest BCUT2D eigenvalue weighted by Gasteiger charge is -2.31. The SMILES string of the molecule is COc1ccc2[nH]c(C3CCN(CCCc4c[nH]c5ccc(OC)cc45)CC3)cc2c1. The number of likely N-dealkylation sites (tertiary alicyclic amines) is 1. The lowest BCUT2D eigenvalue weighted by molar-refractivity contribution is 0.209. The molecule has 162 valence electrons. The number of fused-ring (bicyclic) bond motifs is 2. The van der Waals surface area contributed by atoms with E-state index in [1.807, 2.05) is 12.1 Å². The van der Waals surface area contributed by atoms with Crippen LogP contribution in [0.15, 0.2) is 48.7 Å². The number of benzene rings is 2. The fourth-order valence-electron chi connectivity index (χ4n) is 4.93. The highest BCUT2D eigenvalue weighted by molar-refractivity contribution is 5.84. The van der Waals surface area contributed by atoms with Crippen LogP contribution in [0.4, 0.5) is 0 Å². The molecule has 0 saturated carbocycles. The van der Waals surface area contributed by atoms with Crippen molar-refractivity contribution in [1.82, 2.24) is 14.9 Å². The molecular formula is C26H31N3O2. The number of rotatable bonds is 7. The second-order valence-electron chi connectivity index (χ2n) is 8.62. The van der Waals surface area contributed by atoms with Gasteiger partial charge in [0, 0.05) is 39.6 Å². The normalized spacial score (nSPS) is 15.7. The fraction of sp³-hybridized carbons (Fsp3) is 0.385. The molecule has 2 N–H and O–H groups in total. The maximum atomic E-state index is 5.39. The number of methoxy groups -OCH3 is 2. The summed E-state index contributed by atoms with van der Waals surface area (Å²) in [5.41, 5.74) is 5.15. The second-order valence-corrected chi connectivity index (χ2v) is 8.62. The third-order valence-electron chi connectivity index (χ3n) is 6.77. The van der Waals surface area contributed by atoms with Crippen LogP contribution in [0.1, 0.15) is 36.4 Å². The number of aromatic nitrogens is 2. The number of piperidine rings is 1. The monoisotopic (exact) mass is 417 g/mol. The van der Waals surface area contributed by atoms with E-state index in [-0.39, 0.29) is 0 Å². The van der Waals surface area contributed by atoms with Crippen molar-refractivity contribution in [2.24, 2.45) is 0 Å². The van der Waals surface area contributed by atoms with Crippen molar-refractivity contribution in [2.45, 2.75) is 31.6 Å². The number of nitrogens with one attached hydrogen (secondary N) is 2. The van der Waals surface area contributed by atoms with Crippen LogP contribution in [0, 0.1) is 0 Å². The van der Waals surface area contributed by atoms with Gasteiger partial charge < -0.3 is 24.3 Å². The molecule has 3 heterocycles. The Bertz CT molecular complexity index is 1170. The van der Waals surface area contributed by atoms with Crippen LogP contribution < -0.4 is 9.47 Å². The summed E-state index contributed by atoms with van der Waals surface area (Å²) in [6.07, 6.45) is 6.86. The minimum Gasteiger partial charge on any atom is -0.497 e. The molecule has 4 aromatic rings. The first-order valence-corrected chi connectivity index (χ1v) is 11.3. The summed E-state index contributed by atoms with van der Waals surface area (Å²) >= 11 is 0. The summed E-state index contributed by atoms with van der Waals surface area (Å²) in [6, 6.07) is 14.8. The Labute approximate surface area is 183 Å². The van der Waals surface area contributed by atoms with Crippen LogP contribution in [0.3, 0.4) is 0 Å². The van der Waals surface area contributed by atoms with Gasteiger partial charge in [-0.25, -0.2) is 0 Å². The summed E-state index contributed by atoms with van der Waals surface area (Å²) in [5.74, 6) is 2.46. The van der Waals surface area contributed by atoms with E-state index in [2.05, 4.69) is 51.4 Å². The highest BCUT2D eigenvalue weighted by Crippen LogP contribution is 2.31. The predicted octanol–water partition coefficient (Wildman–Crippen LogP) is 5.48. The van der Waals surface area contributed by atoms with Crippen LogP contribution in [0.2, 0.25) is 0 Å². The van der Waals surface area contributed by atoms with Crippen molar-refractivity contribution in [2.75, 3.05) is 33.9 Å². The zero-order valence-electron chi connectivity index (χ0n) is 18.4. The number of aryl methyl sites for hydroxylation is 1. The van der Waals surface area contributed by atoms with Crippen molar-refractivity contribution in [3.63, 3.8) is 0 Å². The van der Waals surface area contributed by atoms with Gasteiger partial charge in [0.05, 0.1) is 14.2 Å². The summed E-state index contributed by atoms with van der Waals surface area (Å²) in [5, 5.41) is 2.53. The van der Waals surface area contributed by atoms with E-state index in [9.17, 15) is 0 Å². The van der Waals surface area contributed by atoms with E-state index in [1.165, 1.54) is 65.4 Å². The van der Waals surface area contributed by atoms with Crippen molar-refractivity contribution >= 4 is 21.8 Å². The molecule has 5 heteroatoms. The van der Waals surface area contributed by atoms with Gasteiger partial charge in [-0.15, -0.1) is 0 Å². The van der Waals surface area contributed by atoms with Gasteiger partial charge in [-0.3, -0.25) is 0 Å². The Morgan fingerprint density at radius 2 is 1.68 bits per heavy atom. The molecule has 1 aliphatic heterocycles. The second kappa shape index (κ2) is 8.67. The Morgan fingerprint density at radius 1 is 0.935 bits per heavy atom. The first-order chi connectivity index (χ1) is 15.2. The van der Waals surface area contributed by atoms with Crippen molar-refractivity contribution in [1.29, 1.82) is 0 Å². The number of hydrogen-bond donors (Lipinski definition) is 2. The average molecular weight is 418 g/mol. The molecule has 31 heavy (non-hydrogen) atoms. The summed E-state index contributed by atoms with van der Waals surface area (Å²) in [4.78, 5) is 9.64. The van der Waals surface area contributed by atoms with Crippen LogP contribution in [-0.2, 0) is 6.42 Å². The molecule has 1 aliphatic rings. The Morgan fingerprint density at radius 3 is 2.45 bits per heavy atom. The molecule has 1 fully saturated rings. The highest BCUT2D eigenvalue weighted by Gasteiger charge is 2.22. The summed E-state index contributed by atoms with van der Waals surface area (Å²) in [6.45, 7) is 3.50. The average Bonchev–Trinajstić information content (AvgIpc) is 3.42. The number of ether oxygens (including phenoxy) is 2. The largest absolute Gasteiger partial charge is 0.497 e. The van der Waals surface area contributed by atoms with E-state index in [1.54, 1.807) is 14.2 Å². The predicted molar refractivity (Wildman–Crippen MR) is 126 cm³/mol. The van der Waals surface area contributed by atoms with Crippen LogP contribution in [-0.4, -0.2) is 48.7 Å². The van der Waals surface area contributed by atoms with Gasteiger partial charge in [-0.2, -0.15) is 0 Å². The van der Waals surface area contributed by atoms with Crippen LogP contribution in [0.5, 0.6) is 11.5 Å². The van der Waals surface area contributed by atoms with Gasteiger partial charge in [0.1, 0.15) is 11.5 Å². The minimum absolute atomic E-state index is 0.621.